The SMILES string of the molecule is CCOC(=O)c1ccc(NCCC2=CCCC2)nc1. The van der Waals surface area contributed by atoms with Gasteiger partial charge in [0.25, 0.3) is 0 Å². The molecule has 19 heavy (non-hydrogen) atoms. The molecule has 102 valence electrons. The third kappa shape index (κ3) is 4.09. The number of nitrogens with zero attached hydrogens (tertiary/aromatic N) is 1. The van der Waals surface area contributed by atoms with Crippen LogP contribution < -0.4 is 5.32 Å². The van der Waals surface area contributed by atoms with Crippen LogP contribution >= 0.6 is 0 Å². The van der Waals surface area contributed by atoms with Gasteiger partial charge in [0.05, 0.1) is 12.2 Å². The molecule has 1 heterocycles. The van der Waals surface area contributed by atoms with Crippen LogP contribution in [0.5, 0.6) is 0 Å². The number of aromatic nitrogens is 1. The molecule has 0 aromatic carbocycles. The zero-order chi connectivity index (χ0) is 13.5. The Morgan fingerprint density at radius 2 is 2.37 bits per heavy atom. The van der Waals surface area contributed by atoms with Gasteiger partial charge < -0.3 is 10.1 Å². The van der Waals surface area contributed by atoms with Crippen molar-refractivity contribution in [1.82, 2.24) is 4.98 Å². The zero-order valence-electron chi connectivity index (χ0n) is 11.3. The molecular formula is C15H20N2O2. The number of ether oxygens (including phenoxy) is 1. The number of pyridine rings is 1. The predicted molar refractivity (Wildman–Crippen MR) is 75.2 cm³/mol. The van der Waals surface area contributed by atoms with Gasteiger partial charge in [0.2, 0.25) is 0 Å². The molecule has 0 atom stereocenters. The van der Waals surface area contributed by atoms with E-state index < -0.39 is 0 Å². The number of anilines is 1. The zero-order valence-corrected chi connectivity index (χ0v) is 11.3. The van der Waals surface area contributed by atoms with Crippen LogP contribution in [0, 0.1) is 0 Å². The highest BCUT2D eigenvalue weighted by atomic mass is 16.5. The second-order valence-electron chi connectivity index (χ2n) is 4.58. The number of carbonyl (C=O) groups excluding carboxylic acids is 1. The molecule has 1 N–H and O–H groups in total. The lowest BCUT2D eigenvalue weighted by Crippen LogP contribution is -2.07. The molecule has 0 saturated carbocycles. The van der Waals surface area contributed by atoms with Crippen molar-refractivity contribution in [3.05, 3.63) is 35.5 Å². The quantitative estimate of drug-likeness (QED) is 0.630. The van der Waals surface area contributed by atoms with Crippen LogP contribution in [0.25, 0.3) is 0 Å². The van der Waals surface area contributed by atoms with Crippen LogP contribution in [0.4, 0.5) is 5.82 Å². The molecule has 2 rings (SSSR count). The third-order valence-corrected chi connectivity index (χ3v) is 3.16. The standard InChI is InChI=1S/C15H20N2O2/c1-2-19-15(18)13-7-8-14(17-11-13)16-10-9-12-5-3-4-6-12/h5,7-8,11H,2-4,6,9-10H2,1H3,(H,16,17). The van der Waals surface area contributed by atoms with E-state index >= 15 is 0 Å². The fourth-order valence-electron chi connectivity index (χ4n) is 2.15. The van der Waals surface area contributed by atoms with Gasteiger partial charge >= 0.3 is 5.97 Å². The summed E-state index contributed by atoms with van der Waals surface area (Å²) in [4.78, 5) is 15.7. The van der Waals surface area contributed by atoms with E-state index in [0.717, 1.165) is 18.8 Å². The lowest BCUT2D eigenvalue weighted by Gasteiger charge is -2.07. The molecule has 0 aliphatic heterocycles. The van der Waals surface area contributed by atoms with Crippen LogP contribution in [-0.4, -0.2) is 24.1 Å². The molecule has 0 amide bonds. The molecular weight excluding hydrogens is 240 g/mol. The van der Waals surface area contributed by atoms with E-state index in [4.69, 9.17) is 4.74 Å². The van der Waals surface area contributed by atoms with E-state index in [1.807, 2.05) is 6.07 Å². The van der Waals surface area contributed by atoms with E-state index in [9.17, 15) is 4.79 Å². The minimum atomic E-state index is -0.322. The fraction of sp³-hybridized carbons (Fsp3) is 0.467. The van der Waals surface area contributed by atoms with Gasteiger partial charge in [-0.3, -0.25) is 0 Å². The highest BCUT2D eigenvalue weighted by Crippen LogP contribution is 2.20. The van der Waals surface area contributed by atoms with Crippen molar-refractivity contribution in [2.24, 2.45) is 0 Å². The monoisotopic (exact) mass is 260 g/mol. The smallest absolute Gasteiger partial charge is 0.339 e. The van der Waals surface area contributed by atoms with Gasteiger partial charge in [0.1, 0.15) is 5.82 Å². The lowest BCUT2D eigenvalue weighted by atomic mass is 10.2. The average molecular weight is 260 g/mol. The minimum absolute atomic E-state index is 0.322. The normalized spacial score (nSPS) is 14.1. The Morgan fingerprint density at radius 1 is 1.47 bits per heavy atom. The molecule has 1 aliphatic carbocycles. The van der Waals surface area contributed by atoms with E-state index in [2.05, 4.69) is 16.4 Å². The number of hydrogen-bond acceptors (Lipinski definition) is 4. The molecule has 4 nitrogen and oxygen atoms in total. The van der Waals surface area contributed by atoms with E-state index in [0.29, 0.717) is 12.2 Å². The fourth-order valence-corrected chi connectivity index (χ4v) is 2.15. The van der Waals surface area contributed by atoms with Gasteiger partial charge in [-0.1, -0.05) is 11.6 Å². The first-order chi connectivity index (χ1) is 9.29. The summed E-state index contributed by atoms with van der Waals surface area (Å²) in [6.07, 6.45) is 8.70. The molecule has 4 heteroatoms. The van der Waals surface area contributed by atoms with Crippen LogP contribution in [0.3, 0.4) is 0 Å². The maximum atomic E-state index is 11.5. The second-order valence-corrected chi connectivity index (χ2v) is 4.58. The van der Waals surface area contributed by atoms with Crippen molar-refractivity contribution in [2.75, 3.05) is 18.5 Å². The third-order valence-electron chi connectivity index (χ3n) is 3.16. The summed E-state index contributed by atoms with van der Waals surface area (Å²) >= 11 is 0. The number of rotatable bonds is 6. The maximum Gasteiger partial charge on any atom is 0.339 e. The summed E-state index contributed by atoms with van der Waals surface area (Å²) in [6.45, 7) is 3.06. The Balaban J connectivity index is 1.79. The summed E-state index contributed by atoms with van der Waals surface area (Å²) in [7, 11) is 0. The number of nitrogens with one attached hydrogen (secondary N) is 1. The van der Waals surface area contributed by atoms with Crippen molar-refractivity contribution in [3.63, 3.8) is 0 Å². The molecule has 0 unspecified atom stereocenters. The number of hydrogen-bond donors (Lipinski definition) is 1. The van der Waals surface area contributed by atoms with Crippen molar-refractivity contribution in [1.29, 1.82) is 0 Å². The largest absolute Gasteiger partial charge is 0.462 e. The first-order valence-electron chi connectivity index (χ1n) is 6.84. The lowest BCUT2D eigenvalue weighted by molar-refractivity contribution is 0.0526. The van der Waals surface area contributed by atoms with Gasteiger partial charge in [-0.2, -0.15) is 0 Å². The Bertz CT molecular complexity index is 452. The van der Waals surface area contributed by atoms with Gasteiger partial charge in [0, 0.05) is 12.7 Å². The van der Waals surface area contributed by atoms with Crippen molar-refractivity contribution < 1.29 is 9.53 Å². The molecule has 1 aliphatic rings. The topological polar surface area (TPSA) is 51.2 Å². The van der Waals surface area contributed by atoms with E-state index in [1.54, 1.807) is 19.2 Å². The molecule has 0 saturated heterocycles. The Morgan fingerprint density at radius 3 is 3.00 bits per heavy atom. The molecule has 0 fully saturated rings. The van der Waals surface area contributed by atoms with Gasteiger partial charge in [0.15, 0.2) is 0 Å². The van der Waals surface area contributed by atoms with E-state index in [1.165, 1.54) is 24.8 Å². The van der Waals surface area contributed by atoms with Gasteiger partial charge in [-0.05, 0) is 44.7 Å². The molecule has 1 aromatic rings. The second kappa shape index (κ2) is 6.92. The highest BCUT2D eigenvalue weighted by molar-refractivity contribution is 5.89. The van der Waals surface area contributed by atoms with Crippen molar-refractivity contribution in [2.45, 2.75) is 32.6 Å². The van der Waals surface area contributed by atoms with Gasteiger partial charge in [-0.15, -0.1) is 0 Å². The summed E-state index contributed by atoms with van der Waals surface area (Å²) < 4.78 is 4.91. The average Bonchev–Trinajstić information content (AvgIpc) is 2.93. The highest BCUT2D eigenvalue weighted by Gasteiger charge is 2.07. The Kier molecular flexibility index (Phi) is 4.95. The first kappa shape index (κ1) is 13.6. The summed E-state index contributed by atoms with van der Waals surface area (Å²) in [5.74, 6) is 0.476. The minimum Gasteiger partial charge on any atom is -0.462 e. The molecule has 0 spiro atoms. The molecule has 0 bridgehead atoms. The maximum absolute atomic E-state index is 11.5. The van der Waals surface area contributed by atoms with Crippen molar-refractivity contribution >= 4 is 11.8 Å². The Labute approximate surface area is 113 Å². The van der Waals surface area contributed by atoms with Crippen LogP contribution in [0.2, 0.25) is 0 Å². The number of allylic oxidation sites excluding steroid dienone is 1. The van der Waals surface area contributed by atoms with Crippen LogP contribution in [0.15, 0.2) is 30.0 Å². The van der Waals surface area contributed by atoms with Crippen LogP contribution in [0.1, 0.15) is 43.0 Å². The molecule has 1 aromatic heterocycles. The summed E-state index contributed by atoms with van der Waals surface area (Å²) in [6, 6.07) is 3.55. The predicted octanol–water partition coefficient (Wildman–Crippen LogP) is 3.17. The van der Waals surface area contributed by atoms with Crippen molar-refractivity contribution in [3.8, 4) is 0 Å². The molecule has 0 radical (unpaired) electrons. The number of carbonyl (C=O) groups is 1. The summed E-state index contributed by atoms with van der Waals surface area (Å²) in [5, 5.41) is 3.27. The Hall–Kier alpha value is -1.84. The van der Waals surface area contributed by atoms with Crippen LogP contribution in [-0.2, 0) is 4.74 Å². The first-order valence-corrected chi connectivity index (χ1v) is 6.84. The summed E-state index contributed by atoms with van der Waals surface area (Å²) in [5.41, 5.74) is 2.03. The number of esters is 1. The van der Waals surface area contributed by atoms with E-state index in [-0.39, 0.29) is 5.97 Å². The van der Waals surface area contributed by atoms with Gasteiger partial charge in [-0.25, -0.2) is 9.78 Å².